The zero-order valence-corrected chi connectivity index (χ0v) is 15.2. The summed E-state index contributed by atoms with van der Waals surface area (Å²) >= 11 is 5.86. The first-order chi connectivity index (χ1) is 11.5. The van der Waals surface area contributed by atoms with Crippen LogP contribution in [0.15, 0.2) is 48.5 Å². The van der Waals surface area contributed by atoms with E-state index < -0.39 is 0 Å². The number of ketones is 1. The van der Waals surface area contributed by atoms with Gasteiger partial charge in [0, 0.05) is 23.0 Å². The maximum absolute atomic E-state index is 12.5. The average Bonchev–Trinajstić information content (AvgIpc) is 2.61. The van der Waals surface area contributed by atoms with Crippen LogP contribution in [0.25, 0.3) is 0 Å². The Morgan fingerprint density at radius 3 is 2.00 bits per heavy atom. The number of hydrogen-bond acceptors (Lipinski definition) is 3. The van der Waals surface area contributed by atoms with Gasteiger partial charge in [-0.1, -0.05) is 32.4 Å². The zero-order valence-electron chi connectivity index (χ0n) is 14.5. The molecule has 2 aromatic carbocycles. The van der Waals surface area contributed by atoms with E-state index in [1.165, 1.54) is 0 Å². The monoisotopic (exact) mass is 345 g/mol. The predicted molar refractivity (Wildman–Crippen MR) is 99.3 cm³/mol. The fourth-order valence-electron chi connectivity index (χ4n) is 2.56. The van der Waals surface area contributed by atoms with E-state index in [1.54, 1.807) is 12.1 Å². The molecule has 2 aromatic rings. The summed E-state index contributed by atoms with van der Waals surface area (Å²) in [6.45, 7) is 8.92. The van der Waals surface area contributed by atoms with Gasteiger partial charge in [0.05, 0.1) is 0 Å². The van der Waals surface area contributed by atoms with E-state index in [0.29, 0.717) is 16.5 Å². The van der Waals surface area contributed by atoms with Gasteiger partial charge >= 0.3 is 0 Å². The molecule has 1 unspecified atom stereocenters. The SMILES string of the molecule is CCN(CC)CC(C)C(=O)c1ccc(Oc2ccc(Cl)cc2)cc1. The van der Waals surface area contributed by atoms with Crippen LogP contribution in [0.5, 0.6) is 11.5 Å². The minimum atomic E-state index is -0.0204. The van der Waals surface area contributed by atoms with E-state index in [-0.39, 0.29) is 11.7 Å². The van der Waals surface area contributed by atoms with Crippen LogP contribution in [-0.4, -0.2) is 30.3 Å². The molecule has 0 bridgehead atoms. The molecule has 0 heterocycles. The molecule has 0 amide bonds. The van der Waals surface area contributed by atoms with Crippen LogP contribution < -0.4 is 4.74 Å². The number of hydrogen-bond donors (Lipinski definition) is 0. The lowest BCUT2D eigenvalue weighted by molar-refractivity contribution is 0.0898. The third kappa shape index (κ3) is 5.08. The number of halogens is 1. The van der Waals surface area contributed by atoms with Crippen molar-refractivity contribution in [3.8, 4) is 11.5 Å². The highest BCUT2D eigenvalue weighted by Gasteiger charge is 2.17. The van der Waals surface area contributed by atoms with Gasteiger partial charge in [0.15, 0.2) is 5.78 Å². The number of nitrogens with zero attached hydrogens (tertiary/aromatic N) is 1. The van der Waals surface area contributed by atoms with Gasteiger partial charge in [0.2, 0.25) is 0 Å². The summed E-state index contributed by atoms with van der Waals surface area (Å²) < 4.78 is 5.75. The Morgan fingerprint density at radius 1 is 1.00 bits per heavy atom. The molecule has 0 aliphatic rings. The van der Waals surface area contributed by atoms with Crippen LogP contribution in [0.4, 0.5) is 0 Å². The normalized spacial score (nSPS) is 12.2. The lowest BCUT2D eigenvalue weighted by Gasteiger charge is -2.21. The molecular weight excluding hydrogens is 322 g/mol. The predicted octanol–water partition coefficient (Wildman–Crippen LogP) is 5.29. The second-order valence-electron chi connectivity index (χ2n) is 5.83. The van der Waals surface area contributed by atoms with Gasteiger partial charge in [-0.3, -0.25) is 4.79 Å². The zero-order chi connectivity index (χ0) is 17.5. The maximum Gasteiger partial charge on any atom is 0.166 e. The highest BCUT2D eigenvalue weighted by molar-refractivity contribution is 6.30. The van der Waals surface area contributed by atoms with Gasteiger partial charge < -0.3 is 9.64 Å². The molecule has 0 aliphatic heterocycles. The summed E-state index contributed by atoms with van der Waals surface area (Å²) in [5.74, 6) is 1.56. The van der Waals surface area contributed by atoms with Crippen molar-refractivity contribution in [3.05, 3.63) is 59.1 Å². The molecule has 0 N–H and O–H groups in total. The average molecular weight is 346 g/mol. The van der Waals surface area contributed by atoms with Gasteiger partial charge in [-0.2, -0.15) is 0 Å². The molecule has 4 heteroatoms. The number of carbonyl (C=O) groups is 1. The quantitative estimate of drug-likeness (QED) is 0.608. The standard InChI is InChI=1S/C20H24ClNO2/c1-4-22(5-2)14-15(3)20(23)16-6-10-18(11-7-16)24-19-12-8-17(21)9-13-19/h6-13,15H,4-5,14H2,1-3H3. The number of rotatable bonds is 8. The van der Waals surface area contributed by atoms with Crippen molar-refractivity contribution in [1.29, 1.82) is 0 Å². The second-order valence-corrected chi connectivity index (χ2v) is 6.27. The fraction of sp³-hybridized carbons (Fsp3) is 0.350. The van der Waals surface area contributed by atoms with Crippen LogP contribution in [0.2, 0.25) is 5.02 Å². The number of benzene rings is 2. The van der Waals surface area contributed by atoms with Crippen molar-refractivity contribution in [2.45, 2.75) is 20.8 Å². The first-order valence-corrected chi connectivity index (χ1v) is 8.71. The molecule has 0 aromatic heterocycles. The third-order valence-corrected chi connectivity index (χ3v) is 4.31. The van der Waals surface area contributed by atoms with E-state index in [9.17, 15) is 4.79 Å². The number of carbonyl (C=O) groups excluding carboxylic acids is 1. The largest absolute Gasteiger partial charge is 0.457 e. The van der Waals surface area contributed by atoms with E-state index in [2.05, 4.69) is 18.7 Å². The summed E-state index contributed by atoms with van der Waals surface area (Å²) in [6, 6.07) is 14.5. The Kier molecular flexibility index (Phi) is 6.83. The van der Waals surface area contributed by atoms with Crippen molar-refractivity contribution in [2.75, 3.05) is 19.6 Å². The summed E-state index contributed by atoms with van der Waals surface area (Å²) in [6.07, 6.45) is 0. The first kappa shape index (κ1) is 18.5. The smallest absolute Gasteiger partial charge is 0.166 e. The fourth-order valence-corrected chi connectivity index (χ4v) is 2.69. The van der Waals surface area contributed by atoms with Crippen LogP contribution >= 0.6 is 11.6 Å². The Morgan fingerprint density at radius 2 is 1.50 bits per heavy atom. The van der Waals surface area contributed by atoms with Gasteiger partial charge in [-0.15, -0.1) is 0 Å². The molecule has 0 saturated carbocycles. The minimum absolute atomic E-state index is 0.0204. The van der Waals surface area contributed by atoms with Gasteiger partial charge in [-0.05, 0) is 61.6 Å². The summed E-state index contributed by atoms with van der Waals surface area (Å²) in [5, 5.41) is 0.672. The highest BCUT2D eigenvalue weighted by Crippen LogP contribution is 2.24. The van der Waals surface area contributed by atoms with E-state index in [0.717, 1.165) is 25.2 Å². The summed E-state index contributed by atoms with van der Waals surface area (Å²) in [4.78, 5) is 14.8. The van der Waals surface area contributed by atoms with Crippen molar-refractivity contribution >= 4 is 17.4 Å². The lowest BCUT2D eigenvalue weighted by atomic mass is 9.98. The molecule has 1 atom stereocenters. The maximum atomic E-state index is 12.5. The van der Waals surface area contributed by atoms with Crippen molar-refractivity contribution < 1.29 is 9.53 Å². The summed E-state index contributed by atoms with van der Waals surface area (Å²) in [5.41, 5.74) is 0.720. The lowest BCUT2D eigenvalue weighted by Crippen LogP contribution is -2.31. The van der Waals surface area contributed by atoms with E-state index in [4.69, 9.17) is 16.3 Å². The topological polar surface area (TPSA) is 29.5 Å². The third-order valence-electron chi connectivity index (χ3n) is 4.06. The minimum Gasteiger partial charge on any atom is -0.457 e. The molecule has 0 radical (unpaired) electrons. The van der Waals surface area contributed by atoms with Gasteiger partial charge in [-0.25, -0.2) is 0 Å². The molecule has 3 nitrogen and oxygen atoms in total. The number of ether oxygens (including phenoxy) is 1. The number of Topliss-reactive ketones (excluding diaryl/α,β-unsaturated/α-hetero) is 1. The van der Waals surface area contributed by atoms with Crippen molar-refractivity contribution in [2.24, 2.45) is 5.92 Å². The molecule has 0 fully saturated rings. The van der Waals surface area contributed by atoms with Gasteiger partial charge in [0.25, 0.3) is 0 Å². The molecule has 2 rings (SSSR count). The van der Waals surface area contributed by atoms with Gasteiger partial charge in [0.1, 0.15) is 11.5 Å². The Hall–Kier alpha value is -1.84. The molecule has 24 heavy (non-hydrogen) atoms. The molecular formula is C20H24ClNO2. The van der Waals surface area contributed by atoms with Crippen molar-refractivity contribution in [3.63, 3.8) is 0 Å². The molecule has 128 valence electrons. The second kappa shape index (κ2) is 8.86. The van der Waals surface area contributed by atoms with Crippen LogP contribution in [-0.2, 0) is 0 Å². The van der Waals surface area contributed by atoms with E-state index in [1.807, 2.05) is 43.3 Å². The van der Waals surface area contributed by atoms with Crippen LogP contribution in [0, 0.1) is 5.92 Å². The Labute approximate surface area is 149 Å². The van der Waals surface area contributed by atoms with Crippen LogP contribution in [0.1, 0.15) is 31.1 Å². The van der Waals surface area contributed by atoms with E-state index >= 15 is 0 Å². The van der Waals surface area contributed by atoms with Crippen LogP contribution in [0.3, 0.4) is 0 Å². The molecule has 0 aliphatic carbocycles. The summed E-state index contributed by atoms with van der Waals surface area (Å²) in [7, 11) is 0. The molecule has 0 saturated heterocycles. The highest BCUT2D eigenvalue weighted by atomic mass is 35.5. The Bertz CT molecular complexity index is 648. The Balaban J connectivity index is 2.00. The van der Waals surface area contributed by atoms with Crippen molar-refractivity contribution in [1.82, 2.24) is 4.90 Å². The first-order valence-electron chi connectivity index (χ1n) is 8.33. The molecule has 0 spiro atoms.